The van der Waals surface area contributed by atoms with E-state index in [1.165, 1.54) is 6.07 Å². The second-order valence-corrected chi connectivity index (χ2v) is 6.47. The van der Waals surface area contributed by atoms with Crippen LogP contribution in [-0.2, 0) is 30.7 Å². The maximum absolute atomic E-state index is 11.4. The molecule has 0 saturated heterocycles. The molecule has 0 unspecified atom stereocenters. The summed E-state index contributed by atoms with van der Waals surface area (Å²) in [6.45, 7) is 0.821. The van der Waals surface area contributed by atoms with Gasteiger partial charge in [-0.2, -0.15) is 0 Å². The molecule has 1 heterocycles. The lowest BCUT2D eigenvalue weighted by Crippen LogP contribution is -2.10. The van der Waals surface area contributed by atoms with Crippen LogP contribution in [0.25, 0.3) is 0 Å². The van der Waals surface area contributed by atoms with Gasteiger partial charge >= 0.3 is 5.97 Å². The molecule has 0 fully saturated rings. The van der Waals surface area contributed by atoms with E-state index in [0.717, 1.165) is 11.3 Å². The van der Waals surface area contributed by atoms with Gasteiger partial charge in [0.2, 0.25) is 10.0 Å². The molecule has 1 aromatic heterocycles. The second kappa shape index (κ2) is 6.83. The third-order valence-electron chi connectivity index (χ3n) is 1.99. The molecule has 0 atom stereocenters. The normalized spacial score (nSPS) is 11.4. The number of hydrogen-bond donors (Lipinski definition) is 1. The van der Waals surface area contributed by atoms with Crippen molar-refractivity contribution >= 4 is 27.3 Å². The Labute approximate surface area is 110 Å². The summed E-state index contributed by atoms with van der Waals surface area (Å²) in [5.74, 6) is -0.395. The number of methoxy groups -OCH3 is 1. The molecule has 0 spiro atoms. The molecular formula is C10H15NO5S2. The topological polar surface area (TPSA) is 95.7 Å². The maximum atomic E-state index is 11.4. The summed E-state index contributed by atoms with van der Waals surface area (Å²) in [5.41, 5.74) is 0. The lowest BCUT2D eigenvalue weighted by molar-refractivity contribution is -0.143. The number of ether oxygens (including phenoxy) is 2. The summed E-state index contributed by atoms with van der Waals surface area (Å²) >= 11 is 0.973. The quantitative estimate of drug-likeness (QED) is 0.584. The van der Waals surface area contributed by atoms with Crippen LogP contribution in [0.3, 0.4) is 0 Å². The summed E-state index contributed by atoms with van der Waals surface area (Å²) in [7, 11) is -2.12. The van der Waals surface area contributed by atoms with Gasteiger partial charge in [0.15, 0.2) is 0 Å². The first-order valence-electron chi connectivity index (χ1n) is 5.19. The van der Waals surface area contributed by atoms with Gasteiger partial charge in [0.05, 0.1) is 13.0 Å². The molecule has 0 aliphatic rings. The molecule has 0 aliphatic heterocycles. The molecule has 0 bridgehead atoms. The first-order chi connectivity index (χ1) is 8.43. The predicted octanol–water partition coefficient (Wildman–Crippen LogP) is 0.518. The summed E-state index contributed by atoms with van der Waals surface area (Å²) < 4.78 is 31.9. The molecule has 0 aliphatic carbocycles. The van der Waals surface area contributed by atoms with Gasteiger partial charge in [-0.25, -0.2) is 13.6 Å². The Morgan fingerprint density at radius 2 is 2.11 bits per heavy atom. The maximum Gasteiger partial charge on any atom is 0.311 e. The zero-order chi connectivity index (χ0) is 13.6. The van der Waals surface area contributed by atoms with Crippen LogP contribution >= 0.6 is 11.3 Å². The number of nitrogens with two attached hydrogens (primary N) is 1. The van der Waals surface area contributed by atoms with Crippen LogP contribution in [-0.4, -0.2) is 34.7 Å². The van der Waals surface area contributed by atoms with Crippen LogP contribution in [0.5, 0.6) is 0 Å². The average molecular weight is 293 g/mol. The summed E-state index contributed by atoms with van der Waals surface area (Å²) in [5, 5.41) is 4.97. The first kappa shape index (κ1) is 15.1. The number of carbonyl (C=O) groups excluding carboxylic acids is 1. The summed E-state index contributed by atoms with van der Waals surface area (Å²) in [6.07, 6.45) is 0.683. The highest BCUT2D eigenvalue weighted by Crippen LogP contribution is 2.20. The van der Waals surface area contributed by atoms with Gasteiger partial charge in [0.25, 0.3) is 0 Å². The van der Waals surface area contributed by atoms with E-state index in [1.807, 2.05) is 0 Å². The highest BCUT2D eigenvalue weighted by Gasteiger charge is 2.13. The molecule has 2 N–H and O–H groups in total. The molecule has 1 rings (SSSR count). The first-order valence-corrected chi connectivity index (χ1v) is 7.56. The van der Waals surface area contributed by atoms with Crippen molar-refractivity contribution in [3.63, 3.8) is 0 Å². The van der Waals surface area contributed by atoms with Crippen molar-refractivity contribution in [3.05, 3.63) is 17.0 Å². The van der Waals surface area contributed by atoms with Crippen molar-refractivity contribution in [2.75, 3.05) is 20.3 Å². The fraction of sp³-hybridized carbons (Fsp3) is 0.500. The zero-order valence-corrected chi connectivity index (χ0v) is 11.6. The van der Waals surface area contributed by atoms with Crippen molar-refractivity contribution < 1.29 is 22.7 Å². The molecule has 0 radical (unpaired) electrons. The number of sulfonamides is 1. The van der Waals surface area contributed by atoms with Crippen LogP contribution in [0.2, 0.25) is 0 Å². The Kier molecular flexibility index (Phi) is 5.73. The van der Waals surface area contributed by atoms with Crippen molar-refractivity contribution in [1.82, 2.24) is 0 Å². The van der Waals surface area contributed by atoms with Crippen LogP contribution < -0.4 is 5.14 Å². The van der Waals surface area contributed by atoms with Crippen molar-refractivity contribution in [1.29, 1.82) is 0 Å². The Balaban J connectivity index is 2.43. The van der Waals surface area contributed by atoms with Crippen LogP contribution in [0.15, 0.2) is 16.3 Å². The van der Waals surface area contributed by atoms with Crippen LogP contribution in [0, 0.1) is 0 Å². The Morgan fingerprint density at radius 3 is 2.67 bits per heavy atom. The van der Waals surface area contributed by atoms with E-state index in [-0.39, 0.29) is 10.6 Å². The standard InChI is InChI=1S/C10H15NO5S2/c1-15-5-2-6-16-9(12)7-8-3-4-10(17-8)18(11,13)14/h3-4H,2,5-7H2,1H3,(H2,11,13,14). The van der Waals surface area contributed by atoms with Gasteiger partial charge in [0.1, 0.15) is 4.21 Å². The number of thiophene rings is 1. The third-order valence-corrected chi connectivity index (χ3v) is 4.52. The highest BCUT2D eigenvalue weighted by atomic mass is 32.2. The van der Waals surface area contributed by atoms with E-state index in [9.17, 15) is 13.2 Å². The lowest BCUT2D eigenvalue weighted by Gasteiger charge is -2.02. The summed E-state index contributed by atoms with van der Waals surface area (Å²) in [4.78, 5) is 12.0. The largest absolute Gasteiger partial charge is 0.465 e. The van der Waals surface area contributed by atoms with Gasteiger partial charge < -0.3 is 9.47 Å². The van der Waals surface area contributed by atoms with Crippen molar-refractivity contribution in [2.45, 2.75) is 17.1 Å². The molecule has 1 aromatic rings. The van der Waals surface area contributed by atoms with Gasteiger partial charge in [-0.05, 0) is 12.1 Å². The van der Waals surface area contributed by atoms with Crippen LogP contribution in [0.1, 0.15) is 11.3 Å². The Bertz CT molecular complexity index is 494. The number of hydrogen-bond acceptors (Lipinski definition) is 6. The molecule has 8 heteroatoms. The van der Waals surface area contributed by atoms with E-state index in [4.69, 9.17) is 14.6 Å². The third kappa shape index (κ3) is 5.13. The SMILES string of the molecule is COCCCOC(=O)Cc1ccc(S(N)(=O)=O)s1. The zero-order valence-electron chi connectivity index (χ0n) is 9.92. The lowest BCUT2D eigenvalue weighted by atomic mass is 10.3. The fourth-order valence-electron chi connectivity index (χ4n) is 1.19. The smallest absolute Gasteiger partial charge is 0.311 e. The van der Waals surface area contributed by atoms with E-state index < -0.39 is 16.0 Å². The molecular weight excluding hydrogens is 278 g/mol. The van der Waals surface area contributed by atoms with Crippen molar-refractivity contribution in [3.8, 4) is 0 Å². The molecule has 102 valence electrons. The number of primary sulfonamides is 1. The van der Waals surface area contributed by atoms with E-state index in [0.29, 0.717) is 24.5 Å². The Morgan fingerprint density at radius 1 is 1.39 bits per heavy atom. The van der Waals surface area contributed by atoms with Gasteiger partial charge in [-0.15, -0.1) is 11.3 Å². The number of rotatable bonds is 7. The van der Waals surface area contributed by atoms with E-state index in [2.05, 4.69) is 0 Å². The minimum absolute atomic E-state index is 0.0460. The molecule has 6 nitrogen and oxygen atoms in total. The van der Waals surface area contributed by atoms with Crippen molar-refractivity contribution in [2.24, 2.45) is 5.14 Å². The van der Waals surface area contributed by atoms with Gasteiger partial charge in [-0.3, -0.25) is 4.79 Å². The average Bonchev–Trinajstić information content (AvgIpc) is 2.72. The molecule has 18 heavy (non-hydrogen) atoms. The van der Waals surface area contributed by atoms with Gasteiger partial charge in [-0.1, -0.05) is 0 Å². The minimum Gasteiger partial charge on any atom is -0.465 e. The fourth-order valence-corrected chi connectivity index (χ4v) is 2.95. The molecule has 0 saturated carbocycles. The monoisotopic (exact) mass is 293 g/mol. The minimum atomic E-state index is -3.69. The predicted molar refractivity (Wildman–Crippen MR) is 66.8 cm³/mol. The number of carbonyl (C=O) groups is 1. The van der Waals surface area contributed by atoms with Gasteiger partial charge in [0, 0.05) is 25.0 Å². The second-order valence-electron chi connectivity index (χ2n) is 3.51. The van der Waals surface area contributed by atoms with E-state index >= 15 is 0 Å². The van der Waals surface area contributed by atoms with E-state index in [1.54, 1.807) is 13.2 Å². The number of esters is 1. The summed E-state index contributed by atoms with van der Waals surface area (Å²) in [6, 6.07) is 2.94. The van der Waals surface area contributed by atoms with Crippen LogP contribution in [0.4, 0.5) is 0 Å². The molecule has 0 amide bonds. The highest BCUT2D eigenvalue weighted by molar-refractivity contribution is 7.91. The molecule has 0 aromatic carbocycles. The Hall–Kier alpha value is -0.960.